The summed E-state index contributed by atoms with van der Waals surface area (Å²) in [4.78, 5) is 20.7. The van der Waals surface area contributed by atoms with E-state index >= 15 is 0 Å². The van der Waals surface area contributed by atoms with Gasteiger partial charge in [0.05, 0.1) is 43.0 Å². The number of urea groups is 1. The minimum absolute atomic E-state index is 0.166. The summed E-state index contributed by atoms with van der Waals surface area (Å²) < 4.78 is 49.6. The Balaban J connectivity index is 1.55. The van der Waals surface area contributed by atoms with Crippen LogP contribution in [0.4, 0.5) is 18.0 Å². The van der Waals surface area contributed by atoms with Crippen LogP contribution in [0.3, 0.4) is 0 Å². The van der Waals surface area contributed by atoms with E-state index in [4.69, 9.17) is 9.15 Å². The number of amides is 2. The van der Waals surface area contributed by atoms with Gasteiger partial charge in [-0.2, -0.15) is 13.2 Å². The first-order valence-electron chi connectivity index (χ1n) is 10.6. The van der Waals surface area contributed by atoms with Crippen LogP contribution in [0, 0.1) is 0 Å². The number of piperidine rings is 1. The molecule has 2 aliphatic heterocycles. The van der Waals surface area contributed by atoms with Crippen molar-refractivity contribution in [2.75, 3.05) is 39.9 Å². The average Bonchev–Trinajstić information content (AvgIpc) is 3.23. The molecule has 1 aromatic carbocycles. The van der Waals surface area contributed by atoms with E-state index in [-0.39, 0.29) is 31.0 Å². The third kappa shape index (κ3) is 4.91. The van der Waals surface area contributed by atoms with Crippen LogP contribution in [-0.2, 0) is 17.3 Å². The van der Waals surface area contributed by atoms with Crippen LogP contribution in [0.2, 0.25) is 0 Å². The highest BCUT2D eigenvalue weighted by Crippen LogP contribution is 2.37. The molecule has 2 aliphatic rings. The fraction of sp³-hybridized carbons (Fsp3) is 0.545. The molecule has 0 bridgehead atoms. The zero-order chi connectivity index (χ0) is 22.9. The second-order valence-electron chi connectivity index (χ2n) is 8.42. The summed E-state index contributed by atoms with van der Waals surface area (Å²) in [7, 11) is 1.60. The lowest BCUT2D eigenvalue weighted by atomic mass is 9.84. The van der Waals surface area contributed by atoms with E-state index in [0.717, 1.165) is 23.4 Å². The number of alkyl halides is 3. The second kappa shape index (κ2) is 9.11. The van der Waals surface area contributed by atoms with Crippen LogP contribution in [0.5, 0.6) is 0 Å². The zero-order valence-corrected chi connectivity index (χ0v) is 17.7. The van der Waals surface area contributed by atoms with Gasteiger partial charge in [-0.1, -0.05) is 12.1 Å². The number of methoxy groups -OCH3 is 1. The zero-order valence-electron chi connectivity index (χ0n) is 17.7. The fourth-order valence-corrected chi connectivity index (χ4v) is 4.26. The maximum absolute atomic E-state index is 13.0. The highest BCUT2D eigenvalue weighted by molar-refractivity contribution is 5.75. The quantitative estimate of drug-likeness (QED) is 0.752. The second-order valence-corrected chi connectivity index (χ2v) is 8.42. The van der Waals surface area contributed by atoms with Gasteiger partial charge in [-0.15, -0.1) is 0 Å². The number of carbonyl (C=O) groups is 1. The van der Waals surface area contributed by atoms with E-state index in [2.05, 4.69) is 4.98 Å². The van der Waals surface area contributed by atoms with Gasteiger partial charge >= 0.3 is 12.2 Å². The Morgan fingerprint density at radius 2 is 1.81 bits per heavy atom. The summed E-state index contributed by atoms with van der Waals surface area (Å²) >= 11 is 0. The Morgan fingerprint density at radius 3 is 2.44 bits per heavy atom. The molecule has 3 heterocycles. The predicted molar refractivity (Wildman–Crippen MR) is 108 cm³/mol. The number of β-amino-alcohol motifs (C(OH)–C–C–N with tert-alkyl or cyclic N) is 1. The minimum Gasteiger partial charge on any atom is -0.448 e. The molecule has 32 heavy (non-hydrogen) atoms. The fourth-order valence-electron chi connectivity index (χ4n) is 4.26. The molecule has 1 N–H and O–H groups in total. The van der Waals surface area contributed by atoms with Crippen LogP contribution < -0.4 is 0 Å². The Morgan fingerprint density at radius 1 is 1.16 bits per heavy atom. The van der Waals surface area contributed by atoms with Crippen LogP contribution in [0.25, 0.3) is 0 Å². The highest BCUT2D eigenvalue weighted by atomic mass is 19.4. The summed E-state index contributed by atoms with van der Waals surface area (Å²) in [6.45, 7) is 1.85. The van der Waals surface area contributed by atoms with E-state index in [9.17, 15) is 23.1 Å². The third-order valence-electron chi connectivity index (χ3n) is 6.04. The summed E-state index contributed by atoms with van der Waals surface area (Å²) in [5.74, 6) is 0.150. The van der Waals surface area contributed by atoms with Crippen molar-refractivity contribution >= 4 is 6.03 Å². The van der Waals surface area contributed by atoms with E-state index in [0.29, 0.717) is 38.4 Å². The number of carbonyl (C=O) groups excluding carboxylic acids is 1. The van der Waals surface area contributed by atoms with E-state index in [1.54, 1.807) is 23.2 Å². The number of aliphatic hydroxyl groups is 1. The molecule has 174 valence electrons. The lowest BCUT2D eigenvalue weighted by Gasteiger charge is -2.43. The maximum atomic E-state index is 13.0. The number of halogens is 3. The van der Waals surface area contributed by atoms with Crippen molar-refractivity contribution in [3.8, 4) is 0 Å². The minimum atomic E-state index is -4.40. The first kappa shape index (κ1) is 22.6. The van der Waals surface area contributed by atoms with Crippen molar-refractivity contribution in [1.82, 2.24) is 14.8 Å². The van der Waals surface area contributed by atoms with Gasteiger partial charge in [-0.3, -0.25) is 0 Å². The molecule has 10 heteroatoms. The third-order valence-corrected chi connectivity index (χ3v) is 6.04. The number of benzene rings is 1. The summed E-state index contributed by atoms with van der Waals surface area (Å²) in [6.07, 6.45) is -2.13. The Hall–Kier alpha value is -2.59. The standard InChI is InChI=1S/C22H26F3N3O4/c1-31-7-6-18-13-32-20(26-18)16-8-15(14-2-4-17(5-3-14)22(23,24)25)9-27(10-16)21(30)28-11-19(29)12-28/h2-5,13,15-16,19,29H,6-12H2,1H3. The van der Waals surface area contributed by atoms with Crippen molar-refractivity contribution in [2.45, 2.75) is 37.0 Å². The van der Waals surface area contributed by atoms with Gasteiger partial charge in [0.15, 0.2) is 5.89 Å². The first-order valence-corrected chi connectivity index (χ1v) is 10.6. The Kier molecular flexibility index (Phi) is 6.43. The molecule has 0 saturated carbocycles. The molecule has 2 saturated heterocycles. The number of aliphatic hydroxyl groups excluding tert-OH is 1. The van der Waals surface area contributed by atoms with Gasteiger partial charge in [-0.05, 0) is 24.1 Å². The number of likely N-dealkylation sites (tertiary alicyclic amines) is 2. The Labute approximate surface area is 183 Å². The molecule has 0 spiro atoms. The molecule has 2 amide bonds. The number of nitrogens with zero attached hydrogens (tertiary/aromatic N) is 3. The number of oxazole rings is 1. The van der Waals surface area contributed by atoms with Crippen molar-refractivity contribution < 1.29 is 32.2 Å². The van der Waals surface area contributed by atoms with Crippen LogP contribution in [0.15, 0.2) is 34.9 Å². The van der Waals surface area contributed by atoms with Crippen molar-refractivity contribution in [2.24, 2.45) is 0 Å². The van der Waals surface area contributed by atoms with Crippen molar-refractivity contribution in [3.63, 3.8) is 0 Å². The number of hydrogen-bond donors (Lipinski definition) is 1. The molecule has 2 fully saturated rings. The van der Waals surface area contributed by atoms with E-state index in [1.165, 1.54) is 12.1 Å². The molecule has 2 unspecified atom stereocenters. The smallest absolute Gasteiger partial charge is 0.416 e. The summed E-state index contributed by atoms with van der Waals surface area (Å²) in [6, 6.07) is 4.91. The topological polar surface area (TPSA) is 79.0 Å². The summed E-state index contributed by atoms with van der Waals surface area (Å²) in [5, 5.41) is 9.55. The SMILES string of the molecule is COCCc1coc(C2CC(c3ccc(C(F)(F)F)cc3)CN(C(=O)N3CC(O)C3)C2)n1. The molecule has 2 atom stereocenters. The normalized spacial score (nSPS) is 22.2. The number of ether oxygens (including phenoxy) is 1. The van der Waals surface area contributed by atoms with Gasteiger partial charge in [0.25, 0.3) is 0 Å². The molecular weight excluding hydrogens is 427 g/mol. The molecule has 4 rings (SSSR count). The van der Waals surface area contributed by atoms with Crippen LogP contribution >= 0.6 is 0 Å². The maximum Gasteiger partial charge on any atom is 0.416 e. The molecule has 0 aliphatic carbocycles. The number of rotatable bonds is 5. The van der Waals surface area contributed by atoms with Crippen molar-refractivity contribution in [3.05, 3.63) is 53.2 Å². The van der Waals surface area contributed by atoms with Gasteiger partial charge in [0, 0.05) is 32.5 Å². The van der Waals surface area contributed by atoms with E-state index < -0.39 is 17.8 Å². The van der Waals surface area contributed by atoms with E-state index in [1.807, 2.05) is 0 Å². The largest absolute Gasteiger partial charge is 0.448 e. The molecule has 0 radical (unpaired) electrons. The molecule has 2 aromatic rings. The monoisotopic (exact) mass is 453 g/mol. The van der Waals surface area contributed by atoms with Gasteiger partial charge in [-0.25, -0.2) is 9.78 Å². The Bertz CT molecular complexity index is 925. The summed E-state index contributed by atoms with van der Waals surface area (Å²) in [5.41, 5.74) is 0.782. The average molecular weight is 453 g/mol. The lowest BCUT2D eigenvalue weighted by Crippen LogP contribution is -2.59. The molecule has 7 nitrogen and oxygen atoms in total. The lowest BCUT2D eigenvalue weighted by molar-refractivity contribution is -0.137. The number of hydrogen-bond acceptors (Lipinski definition) is 5. The highest BCUT2D eigenvalue weighted by Gasteiger charge is 2.39. The molecule has 1 aromatic heterocycles. The van der Waals surface area contributed by atoms with Crippen molar-refractivity contribution in [1.29, 1.82) is 0 Å². The first-order chi connectivity index (χ1) is 15.2. The van der Waals surface area contributed by atoms with Crippen LogP contribution in [0.1, 0.15) is 41.0 Å². The van der Waals surface area contributed by atoms with Crippen LogP contribution in [-0.4, -0.2) is 71.9 Å². The van der Waals surface area contributed by atoms with Gasteiger partial charge in [0.2, 0.25) is 0 Å². The van der Waals surface area contributed by atoms with Gasteiger partial charge in [0.1, 0.15) is 6.26 Å². The number of aromatic nitrogens is 1. The van der Waals surface area contributed by atoms with Gasteiger partial charge < -0.3 is 24.1 Å². The molecular formula is C22H26F3N3O4. The predicted octanol–water partition coefficient (Wildman–Crippen LogP) is 3.25.